The first-order valence-corrected chi connectivity index (χ1v) is 4.62. The minimum atomic E-state index is -0.477. The summed E-state index contributed by atoms with van der Waals surface area (Å²) in [7, 11) is 0. The molecule has 0 radical (unpaired) electrons. The van der Waals surface area contributed by atoms with Crippen molar-refractivity contribution in [2.45, 2.75) is 37.9 Å². The van der Waals surface area contributed by atoms with Crippen molar-refractivity contribution in [2.24, 2.45) is 11.7 Å². The Bertz CT molecular complexity index is 281. The van der Waals surface area contributed by atoms with Gasteiger partial charge in [-0.2, -0.15) is 5.26 Å². The average molecular weight is 179 g/mol. The van der Waals surface area contributed by atoms with Gasteiger partial charge in [0.25, 0.3) is 0 Å². The summed E-state index contributed by atoms with van der Waals surface area (Å²) in [5, 5.41) is 8.82. The molecule has 2 fully saturated rings. The fourth-order valence-electron chi connectivity index (χ4n) is 2.12. The van der Waals surface area contributed by atoms with Gasteiger partial charge >= 0.3 is 0 Å². The lowest BCUT2D eigenvalue weighted by Gasteiger charge is -2.24. The molecule has 1 saturated carbocycles. The van der Waals surface area contributed by atoms with Crippen LogP contribution in [0.4, 0.5) is 0 Å². The number of carbonyl (C=O) groups is 1. The summed E-state index contributed by atoms with van der Waals surface area (Å²) in [5.41, 5.74) is 5.51. The quantitative estimate of drug-likeness (QED) is 0.608. The van der Waals surface area contributed by atoms with Crippen LogP contribution in [-0.4, -0.2) is 28.9 Å². The molecule has 1 aliphatic carbocycles. The molecule has 2 rings (SSSR count). The standard InChI is InChI=1S/C9H13N3O/c1-5(11)9(13)12-7(4-10)2-6-3-8(6)12/h5-8H,2-3,11H2,1H3/t5-,6+,7-,8?/m0/s1. The van der Waals surface area contributed by atoms with Gasteiger partial charge in [-0.15, -0.1) is 0 Å². The lowest BCUT2D eigenvalue weighted by Crippen LogP contribution is -2.46. The first kappa shape index (κ1) is 8.52. The fraction of sp³-hybridized carbons (Fsp3) is 0.778. The normalized spacial score (nSPS) is 37.9. The molecule has 2 aliphatic rings. The molecular weight excluding hydrogens is 166 g/mol. The van der Waals surface area contributed by atoms with Crippen LogP contribution in [0.5, 0.6) is 0 Å². The highest BCUT2D eigenvalue weighted by Crippen LogP contribution is 2.47. The summed E-state index contributed by atoms with van der Waals surface area (Å²) in [5.74, 6) is 0.504. The molecule has 4 heteroatoms. The Hall–Kier alpha value is -1.08. The summed E-state index contributed by atoms with van der Waals surface area (Å²) < 4.78 is 0. The van der Waals surface area contributed by atoms with E-state index in [-0.39, 0.29) is 11.9 Å². The number of likely N-dealkylation sites (tertiary alicyclic amines) is 1. The number of rotatable bonds is 1. The highest BCUT2D eigenvalue weighted by atomic mass is 16.2. The van der Waals surface area contributed by atoms with Crippen molar-refractivity contribution < 1.29 is 4.79 Å². The average Bonchev–Trinajstić information content (AvgIpc) is 2.76. The lowest BCUT2D eigenvalue weighted by atomic mass is 10.2. The SMILES string of the molecule is C[C@H](N)C(=O)N1C2C[C@H]2C[C@H]1C#N. The first-order chi connectivity index (χ1) is 6.15. The number of piperidine rings is 1. The third-order valence-corrected chi connectivity index (χ3v) is 2.90. The van der Waals surface area contributed by atoms with E-state index in [9.17, 15) is 4.79 Å². The summed E-state index contributed by atoms with van der Waals surface area (Å²) >= 11 is 0. The molecule has 0 aromatic rings. The van der Waals surface area contributed by atoms with Gasteiger partial charge in [0.2, 0.25) is 5.91 Å². The summed E-state index contributed by atoms with van der Waals surface area (Å²) in [4.78, 5) is 13.3. The van der Waals surface area contributed by atoms with Gasteiger partial charge in [0.1, 0.15) is 6.04 Å². The van der Waals surface area contributed by atoms with E-state index in [2.05, 4.69) is 6.07 Å². The number of hydrogen-bond acceptors (Lipinski definition) is 3. The summed E-state index contributed by atoms with van der Waals surface area (Å²) in [6.07, 6.45) is 1.91. The molecule has 2 N–H and O–H groups in total. The number of fused-ring (bicyclic) bond motifs is 1. The highest BCUT2D eigenvalue weighted by Gasteiger charge is 2.54. The molecule has 0 bridgehead atoms. The Labute approximate surface area is 77.3 Å². The maximum absolute atomic E-state index is 11.6. The maximum Gasteiger partial charge on any atom is 0.240 e. The minimum absolute atomic E-state index is 0.0726. The third kappa shape index (κ3) is 1.20. The molecular formula is C9H13N3O. The molecule has 0 aromatic carbocycles. The van der Waals surface area contributed by atoms with E-state index >= 15 is 0 Å². The lowest BCUT2D eigenvalue weighted by molar-refractivity contribution is -0.133. The number of amides is 1. The molecule has 13 heavy (non-hydrogen) atoms. The van der Waals surface area contributed by atoms with Gasteiger partial charge in [0.15, 0.2) is 0 Å². The van der Waals surface area contributed by atoms with E-state index in [1.165, 1.54) is 0 Å². The molecule has 1 saturated heterocycles. The Morgan fingerprint density at radius 3 is 2.92 bits per heavy atom. The van der Waals surface area contributed by atoms with Crippen molar-refractivity contribution >= 4 is 5.91 Å². The molecule has 1 amide bonds. The van der Waals surface area contributed by atoms with Gasteiger partial charge in [0, 0.05) is 6.04 Å². The Morgan fingerprint density at radius 1 is 1.69 bits per heavy atom. The van der Waals surface area contributed by atoms with Gasteiger partial charge in [-0.25, -0.2) is 0 Å². The third-order valence-electron chi connectivity index (χ3n) is 2.90. The highest BCUT2D eigenvalue weighted by molar-refractivity contribution is 5.83. The summed E-state index contributed by atoms with van der Waals surface area (Å²) in [6.45, 7) is 1.67. The van der Waals surface area contributed by atoms with Crippen LogP contribution >= 0.6 is 0 Å². The minimum Gasteiger partial charge on any atom is -0.322 e. The van der Waals surface area contributed by atoms with Gasteiger partial charge in [-0.3, -0.25) is 4.79 Å². The van der Waals surface area contributed by atoms with Crippen LogP contribution in [0.1, 0.15) is 19.8 Å². The topological polar surface area (TPSA) is 70.1 Å². The number of nitriles is 1. The number of hydrogen-bond donors (Lipinski definition) is 1. The van der Waals surface area contributed by atoms with Gasteiger partial charge in [-0.05, 0) is 25.7 Å². The monoisotopic (exact) mass is 179 g/mol. The van der Waals surface area contributed by atoms with Crippen LogP contribution < -0.4 is 5.73 Å². The van der Waals surface area contributed by atoms with Crippen LogP contribution in [0.2, 0.25) is 0 Å². The van der Waals surface area contributed by atoms with Crippen molar-refractivity contribution in [1.29, 1.82) is 5.26 Å². The number of nitrogens with zero attached hydrogens (tertiary/aromatic N) is 2. The van der Waals surface area contributed by atoms with E-state index < -0.39 is 6.04 Å². The molecule has 1 unspecified atom stereocenters. The van der Waals surface area contributed by atoms with Crippen molar-refractivity contribution in [3.8, 4) is 6.07 Å². The van der Waals surface area contributed by atoms with Crippen LogP contribution in [0, 0.1) is 17.2 Å². The van der Waals surface area contributed by atoms with Crippen molar-refractivity contribution in [2.75, 3.05) is 0 Å². The van der Waals surface area contributed by atoms with E-state index in [1.807, 2.05) is 0 Å². The van der Waals surface area contributed by atoms with Crippen LogP contribution in [0.3, 0.4) is 0 Å². The van der Waals surface area contributed by atoms with E-state index in [0.717, 1.165) is 12.8 Å². The zero-order valence-electron chi connectivity index (χ0n) is 7.60. The van der Waals surface area contributed by atoms with Gasteiger partial charge in [-0.1, -0.05) is 0 Å². The molecule has 1 aliphatic heterocycles. The first-order valence-electron chi connectivity index (χ1n) is 4.62. The predicted octanol–water partition coefficient (Wildman–Crippen LogP) is -0.153. The second kappa shape index (κ2) is 2.71. The Kier molecular flexibility index (Phi) is 1.77. The van der Waals surface area contributed by atoms with Crippen LogP contribution in [0.15, 0.2) is 0 Å². The molecule has 4 nitrogen and oxygen atoms in total. The van der Waals surface area contributed by atoms with Crippen molar-refractivity contribution in [1.82, 2.24) is 4.90 Å². The second-order valence-electron chi connectivity index (χ2n) is 3.98. The van der Waals surface area contributed by atoms with Gasteiger partial charge in [0.05, 0.1) is 12.1 Å². The number of nitrogens with two attached hydrogens (primary N) is 1. The smallest absolute Gasteiger partial charge is 0.240 e. The predicted molar refractivity (Wildman–Crippen MR) is 46.4 cm³/mol. The Morgan fingerprint density at radius 2 is 2.38 bits per heavy atom. The van der Waals surface area contributed by atoms with Crippen LogP contribution in [-0.2, 0) is 4.79 Å². The van der Waals surface area contributed by atoms with Gasteiger partial charge < -0.3 is 10.6 Å². The molecule has 70 valence electrons. The summed E-state index contributed by atoms with van der Waals surface area (Å²) in [6, 6.07) is 1.79. The van der Waals surface area contributed by atoms with E-state index in [4.69, 9.17) is 11.0 Å². The van der Waals surface area contributed by atoms with Crippen molar-refractivity contribution in [3.63, 3.8) is 0 Å². The molecule has 1 heterocycles. The second-order valence-corrected chi connectivity index (χ2v) is 3.98. The number of carbonyl (C=O) groups excluding carboxylic acids is 1. The van der Waals surface area contributed by atoms with Crippen LogP contribution in [0.25, 0.3) is 0 Å². The maximum atomic E-state index is 11.6. The molecule has 4 atom stereocenters. The van der Waals surface area contributed by atoms with E-state index in [0.29, 0.717) is 12.0 Å². The molecule has 0 aromatic heterocycles. The zero-order chi connectivity index (χ0) is 9.59. The Balaban J connectivity index is 2.13. The molecule has 0 spiro atoms. The van der Waals surface area contributed by atoms with E-state index in [1.54, 1.807) is 11.8 Å². The largest absolute Gasteiger partial charge is 0.322 e. The zero-order valence-corrected chi connectivity index (χ0v) is 7.60. The van der Waals surface area contributed by atoms with Crippen molar-refractivity contribution in [3.05, 3.63) is 0 Å². The fourth-order valence-corrected chi connectivity index (χ4v) is 2.12.